The van der Waals surface area contributed by atoms with E-state index in [1.807, 2.05) is 0 Å². The van der Waals surface area contributed by atoms with Crippen LogP contribution in [0.4, 0.5) is 0 Å². The number of piperidine rings is 1. The maximum atomic E-state index is 12.4. The first kappa shape index (κ1) is 16.2. The van der Waals surface area contributed by atoms with Crippen LogP contribution in [0.25, 0.3) is 0 Å². The molecule has 0 aromatic carbocycles. The van der Waals surface area contributed by atoms with E-state index < -0.39 is 10.0 Å². The number of primary amides is 1. The third-order valence-electron chi connectivity index (χ3n) is 3.28. The van der Waals surface area contributed by atoms with Gasteiger partial charge in [-0.25, -0.2) is 8.42 Å². The van der Waals surface area contributed by atoms with Gasteiger partial charge >= 0.3 is 0 Å². The molecule has 1 aliphatic rings. The third kappa shape index (κ3) is 3.54. The summed E-state index contributed by atoms with van der Waals surface area (Å²) in [5.41, 5.74) is 5.17. The predicted molar refractivity (Wildman–Crippen MR) is 82.3 cm³/mol. The molecule has 0 radical (unpaired) electrons. The standard InChI is InChI=1S/C11H14BrClN2O3S2/c12-11-8(13)6-10(19-11)20(17,18)15-3-1-7(2-4-15)5-9(14)16/h6-7H,1-5H2,(H2,14,16). The first-order chi connectivity index (χ1) is 9.30. The summed E-state index contributed by atoms with van der Waals surface area (Å²) in [6.07, 6.45) is 1.63. The quantitative estimate of drug-likeness (QED) is 0.841. The predicted octanol–water partition coefficient (Wildman–Crippen LogP) is 2.44. The second-order valence-electron chi connectivity index (χ2n) is 4.70. The Kier molecular flexibility index (Phi) is 5.12. The van der Waals surface area contributed by atoms with Crippen LogP contribution in [0.2, 0.25) is 5.02 Å². The molecule has 0 unspecified atom stereocenters. The van der Waals surface area contributed by atoms with Crippen molar-refractivity contribution in [2.45, 2.75) is 23.5 Å². The molecule has 2 N–H and O–H groups in total. The van der Waals surface area contributed by atoms with E-state index in [9.17, 15) is 13.2 Å². The van der Waals surface area contributed by atoms with E-state index in [0.29, 0.717) is 41.2 Å². The van der Waals surface area contributed by atoms with Crippen LogP contribution in [-0.4, -0.2) is 31.7 Å². The van der Waals surface area contributed by atoms with Gasteiger partial charge in [0, 0.05) is 19.5 Å². The summed E-state index contributed by atoms with van der Waals surface area (Å²) in [5, 5.41) is 0.400. The fourth-order valence-electron chi connectivity index (χ4n) is 2.22. The fraction of sp³-hybridized carbons (Fsp3) is 0.545. The van der Waals surface area contributed by atoms with Crippen LogP contribution in [0.5, 0.6) is 0 Å². The molecule has 0 aliphatic carbocycles. The van der Waals surface area contributed by atoms with Crippen LogP contribution < -0.4 is 5.73 Å². The number of carbonyl (C=O) groups excluding carboxylic acids is 1. The zero-order valence-electron chi connectivity index (χ0n) is 10.5. The van der Waals surface area contributed by atoms with Crippen molar-refractivity contribution in [3.05, 3.63) is 14.9 Å². The van der Waals surface area contributed by atoms with E-state index in [1.165, 1.54) is 10.4 Å². The molecule has 1 amide bonds. The van der Waals surface area contributed by atoms with Crippen molar-refractivity contribution in [1.29, 1.82) is 0 Å². The van der Waals surface area contributed by atoms with Crippen LogP contribution in [-0.2, 0) is 14.8 Å². The largest absolute Gasteiger partial charge is 0.370 e. The number of thiophene rings is 1. The van der Waals surface area contributed by atoms with E-state index in [2.05, 4.69) is 15.9 Å². The van der Waals surface area contributed by atoms with Crippen molar-refractivity contribution in [3.63, 3.8) is 0 Å². The van der Waals surface area contributed by atoms with E-state index in [-0.39, 0.29) is 16.0 Å². The molecule has 20 heavy (non-hydrogen) atoms. The van der Waals surface area contributed by atoms with Crippen molar-refractivity contribution in [1.82, 2.24) is 4.31 Å². The molecule has 1 aromatic heterocycles. The van der Waals surface area contributed by atoms with Crippen LogP contribution in [0.15, 0.2) is 14.1 Å². The Balaban J connectivity index is 2.07. The molecule has 1 fully saturated rings. The molecule has 9 heteroatoms. The number of nitrogens with two attached hydrogens (primary N) is 1. The summed E-state index contributed by atoms with van der Waals surface area (Å²) < 4.78 is 27.2. The second-order valence-corrected chi connectivity index (χ2v) is 9.65. The maximum Gasteiger partial charge on any atom is 0.252 e. The highest BCUT2D eigenvalue weighted by Crippen LogP contribution is 2.36. The van der Waals surface area contributed by atoms with Crippen LogP contribution in [0, 0.1) is 5.92 Å². The molecule has 5 nitrogen and oxygen atoms in total. The first-order valence-corrected chi connectivity index (χ1v) is 9.46. The van der Waals surface area contributed by atoms with Gasteiger partial charge in [-0.15, -0.1) is 11.3 Å². The van der Waals surface area contributed by atoms with Crippen molar-refractivity contribution in [2.75, 3.05) is 13.1 Å². The molecular weight excluding hydrogens is 388 g/mol. The Bertz CT molecular complexity index is 590. The lowest BCUT2D eigenvalue weighted by molar-refractivity contribution is -0.119. The van der Waals surface area contributed by atoms with E-state index in [1.54, 1.807) is 0 Å². The SMILES string of the molecule is NC(=O)CC1CCN(S(=O)(=O)c2cc(Cl)c(Br)s2)CC1. The molecule has 1 saturated heterocycles. The van der Waals surface area contributed by atoms with Gasteiger partial charge in [0.2, 0.25) is 5.91 Å². The average Bonchev–Trinajstić information content (AvgIpc) is 2.70. The van der Waals surface area contributed by atoms with Crippen molar-refractivity contribution in [2.24, 2.45) is 11.7 Å². The summed E-state index contributed by atoms with van der Waals surface area (Å²) in [7, 11) is -3.49. The van der Waals surface area contributed by atoms with E-state index >= 15 is 0 Å². The lowest BCUT2D eigenvalue weighted by Gasteiger charge is -2.30. The number of hydrogen-bond donors (Lipinski definition) is 1. The number of carbonyl (C=O) groups is 1. The zero-order chi connectivity index (χ0) is 14.9. The Morgan fingerprint density at radius 1 is 1.50 bits per heavy atom. The number of sulfonamides is 1. The van der Waals surface area contributed by atoms with Gasteiger partial charge in [-0.05, 0) is 40.8 Å². The molecule has 0 atom stereocenters. The number of halogens is 2. The molecule has 0 saturated carbocycles. The van der Waals surface area contributed by atoms with Gasteiger partial charge < -0.3 is 5.73 Å². The Morgan fingerprint density at radius 2 is 2.10 bits per heavy atom. The molecule has 1 aliphatic heterocycles. The van der Waals surface area contributed by atoms with Gasteiger partial charge in [0.15, 0.2) is 0 Å². The van der Waals surface area contributed by atoms with Gasteiger partial charge in [0.1, 0.15) is 4.21 Å². The number of hydrogen-bond acceptors (Lipinski definition) is 4. The highest BCUT2D eigenvalue weighted by Gasteiger charge is 2.31. The van der Waals surface area contributed by atoms with Gasteiger partial charge in [0.05, 0.1) is 8.81 Å². The molecular formula is C11H14BrClN2O3S2. The molecule has 0 bridgehead atoms. The van der Waals surface area contributed by atoms with Gasteiger partial charge in [-0.3, -0.25) is 4.79 Å². The van der Waals surface area contributed by atoms with E-state index in [4.69, 9.17) is 17.3 Å². The maximum absolute atomic E-state index is 12.4. The topological polar surface area (TPSA) is 80.5 Å². The normalized spacial score (nSPS) is 18.3. The summed E-state index contributed by atoms with van der Waals surface area (Å²) in [6.45, 7) is 0.820. The van der Waals surface area contributed by atoms with E-state index in [0.717, 1.165) is 11.3 Å². The summed E-state index contributed by atoms with van der Waals surface area (Å²) in [4.78, 5) is 10.9. The van der Waals surface area contributed by atoms with Crippen molar-refractivity contribution >= 4 is 54.8 Å². The lowest BCUT2D eigenvalue weighted by Crippen LogP contribution is -2.38. The molecule has 112 valence electrons. The third-order valence-corrected chi connectivity index (χ3v) is 8.10. The number of nitrogens with zero attached hydrogens (tertiary/aromatic N) is 1. The summed E-state index contributed by atoms with van der Waals surface area (Å²) >= 11 is 10.2. The van der Waals surface area contributed by atoms with Crippen LogP contribution in [0.1, 0.15) is 19.3 Å². The summed E-state index contributed by atoms with van der Waals surface area (Å²) in [6, 6.07) is 1.46. The Hall–Kier alpha value is -0.150. The molecule has 1 aromatic rings. The van der Waals surface area contributed by atoms with Crippen LogP contribution >= 0.6 is 38.9 Å². The van der Waals surface area contributed by atoms with Crippen LogP contribution in [0.3, 0.4) is 0 Å². The molecule has 0 spiro atoms. The highest BCUT2D eigenvalue weighted by molar-refractivity contribution is 9.11. The Morgan fingerprint density at radius 3 is 2.55 bits per heavy atom. The highest BCUT2D eigenvalue weighted by atomic mass is 79.9. The molecule has 2 rings (SSSR count). The lowest BCUT2D eigenvalue weighted by atomic mass is 9.94. The minimum atomic E-state index is -3.49. The number of rotatable bonds is 4. The average molecular weight is 402 g/mol. The van der Waals surface area contributed by atoms with Crippen molar-refractivity contribution in [3.8, 4) is 0 Å². The smallest absolute Gasteiger partial charge is 0.252 e. The van der Waals surface area contributed by atoms with Gasteiger partial charge in [-0.1, -0.05) is 11.6 Å². The fourth-order valence-corrected chi connectivity index (χ4v) is 6.24. The van der Waals surface area contributed by atoms with Crippen molar-refractivity contribution < 1.29 is 13.2 Å². The monoisotopic (exact) mass is 400 g/mol. The minimum Gasteiger partial charge on any atom is -0.370 e. The molecule has 2 heterocycles. The van der Waals surface area contributed by atoms with Gasteiger partial charge in [-0.2, -0.15) is 4.31 Å². The summed E-state index contributed by atoms with van der Waals surface area (Å²) in [5.74, 6) is -0.155. The zero-order valence-corrected chi connectivity index (χ0v) is 14.5. The Labute approximate surface area is 135 Å². The van der Waals surface area contributed by atoms with Gasteiger partial charge in [0.25, 0.3) is 10.0 Å². The second kappa shape index (κ2) is 6.31. The first-order valence-electron chi connectivity index (χ1n) is 6.04. The number of amides is 1. The minimum absolute atomic E-state index is 0.178.